The van der Waals surface area contributed by atoms with Crippen molar-refractivity contribution in [3.63, 3.8) is 0 Å². The molecule has 1 fully saturated rings. The molecule has 4 rings (SSSR count). The number of carbonyl (C=O) groups excluding carboxylic acids is 1. The molecule has 0 spiro atoms. The van der Waals surface area contributed by atoms with E-state index in [9.17, 15) is 4.79 Å². The minimum atomic E-state index is -0.322. The molecule has 2 heterocycles. The number of carbonyl (C=O) groups is 1. The van der Waals surface area contributed by atoms with E-state index in [-0.39, 0.29) is 12.0 Å². The van der Waals surface area contributed by atoms with Crippen LogP contribution < -0.4 is 10.6 Å². The zero-order valence-electron chi connectivity index (χ0n) is 13.8. The zero-order chi connectivity index (χ0) is 17.1. The number of ether oxygens (including phenoxy) is 1. The fraction of sp³-hybridized carbons (Fsp3) is 0.263. The Labute approximate surface area is 145 Å². The molecule has 0 radical (unpaired) electrons. The van der Waals surface area contributed by atoms with E-state index < -0.39 is 0 Å². The van der Waals surface area contributed by atoms with Crippen molar-refractivity contribution < 1.29 is 9.53 Å². The van der Waals surface area contributed by atoms with Gasteiger partial charge in [-0.05, 0) is 42.7 Å². The van der Waals surface area contributed by atoms with Crippen molar-refractivity contribution >= 4 is 28.6 Å². The van der Waals surface area contributed by atoms with Gasteiger partial charge in [-0.25, -0.2) is 4.98 Å². The molecule has 0 bridgehead atoms. The van der Waals surface area contributed by atoms with Gasteiger partial charge in [-0.15, -0.1) is 0 Å². The third-order valence-corrected chi connectivity index (χ3v) is 4.27. The summed E-state index contributed by atoms with van der Waals surface area (Å²) in [5.41, 5.74) is 3.78. The number of rotatable bonds is 5. The van der Waals surface area contributed by atoms with Crippen LogP contribution in [0.5, 0.6) is 0 Å². The van der Waals surface area contributed by atoms with E-state index in [1.807, 2.05) is 48.5 Å². The van der Waals surface area contributed by atoms with Crippen molar-refractivity contribution in [3.05, 3.63) is 54.1 Å². The molecule has 3 aromatic rings. The van der Waals surface area contributed by atoms with Gasteiger partial charge in [0, 0.05) is 18.8 Å². The topological polar surface area (TPSA) is 79.0 Å². The van der Waals surface area contributed by atoms with Crippen molar-refractivity contribution in [2.24, 2.45) is 0 Å². The van der Waals surface area contributed by atoms with Gasteiger partial charge >= 0.3 is 0 Å². The van der Waals surface area contributed by atoms with E-state index in [4.69, 9.17) is 4.74 Å². The quantitative estimate of drug-likeness (QED) is 0.668. The van der Waals surface area contributed by atoms with Gasteiger partial charge in [0.25, 0.3) is 5.91 Å². The number of imidazole rings is 1. The Morgan fingerprint density at radius 3 is 3.00 bits per heavy atom. The first-order valence-electron chi connectivity index (χ1n) is 8.48. The Morgan fingerprint density at radius 1 is 1.24 bits per heavy atom. The van der Waals surface area contributed by atoms with Crippen LogP contribution in [0.4, 0.5) is 11.6 Å². The summed E-state index contributed by atoms with van der Waals surface area (Å²) in [7, 11) is 0. The van der Waals surface area contributed by atoms with Crippen LogP contribution in [0.25, 0.3) is 11.0 Å². The molecule has 128 valence electrons. The summed E-state index contributed by atoms with van der Waals surface area (Å²) < 4.78 is 5.41. The fourth-order valence-electron chi connectivity index (χ4n) is 2.99. The number of amides is 1. The summed E-state index contributed by atoms with van der Waals surface area (Å²) in [5.74, 6) is 0.662. The Morgan fingerprint density at radius 2 is 2.16 bits per heavy atom. The number of aromatic nitrogens is 2. The highest BCUT2D eigenvalue weighted by molar-refractivity contribution is 5.94. The maximum Gasteiger partial charge on any atom is 0.253 e. The van der Waals surface area contributed by atoms with Crippen LogP contribution in [-0.2, 0) is 16.1 Å². The zero-order valence-corrected chi connectivity index (χ0v) is 13.8. The number of hydrogen-bond donors (Lipinski definition) is 3. The number of anilines is 2. The lowest BCUT2D eigenvalue weighted by Gasteiger charge is -2.11. The molecule has 1 atom stereocenters. The number of nitrogens with zero attached hydrogens (tertiary/aromatic N) is 1. The van der Waals surface area contributed by atoms with Crippen LogP contribution in [0.1, 0.15) is 18.4 Å². The predicted octanol–water partition coefficient (Wildman–Crippen LogP) is 3.29. The minimum absolute atomic E-state index is 0.0695. The van der Waals surface area contributed by atoms with E-state index in [1.54, 1.807) is 0 Å². The van der Waals surface area contributed by atoms with E-state index in [1.165, 1.54) is 0 Å². The van der Waals surface area contributed by atoms with Gasteiger partial charge in [0.1, 0.15) is 6.10 Å². The van der Waals surface area contributed by atoms with E-state index in [0.717, 1.165) is 41.1 Å². The van der Waals surface area contributed by atoms with Crippen molar-refractivity contribution in [2.45, 2.75) is 25.5 Å². The van der Waals surface area contributed by atoms with E-state index >= 15 is 0 Å². The molecule has 2 aromatic carbocycles. The third-order valence-electron chi connectivity index (χ3n) is 4.27. The Hall–Kier alpha value is -2.86. The molecule has 1 saturated heterocycles. The first-order chi connectivity index (χ1) is 12.3. The minimum Gasteiger partial charge on any atom is -0.368 e. The van der Waals surface area contributed by atoms with Crippen molar-refractivity contribution in [1.82, 2.24) is 9.97 Å². The highest BCUT2D eigenvalue weighted by Gasteiger charge is 2.23. The second-order valence-electron chi connectivity index (χ2n) is 6.15. The summed E-state index contributed by atoms with van der Waals surface area (Å²) in [6.07, 6.45) is 1.41. The molecule has 6 nitrogen and oxygen atoms in total. The number of hydrogen-bond acceptors (Lipinski definition) is 4. The SMILES string of the molecule is O=C(Nc1cccc(CNc2nc3ccccc3[nH]2)c1)[C@H]1CCCO1. The van der Waals surface area contributed by atoms with Crippen LogP contribution in [0.3, 0.4) is 0 Å². The summed E-state index contributed by atoms with van der Waals surface area (Å²) >= 11 is 0. The highest BCUT2D eigenvalue weighted by Crippen LogP contribution is 2.18. The van der Waals surface area contributed by atoms with Crippen LogP contribution in [0, 0.1) is 0 Å². The standard InChI is InChI=1S/C19H20N4O2/c24-18(17-9-4-10-25-17)21-14-6-3-5-13(11-14)12-20-19-22-15-7-1-2-8-16(15)23-19/h1-3,5-8,11,17H,4,9-10,12H2,(H,21,24)(H2,20,22,23)/t17-/m1/s1. The lowest BCUT2D eigenvalue weighted by molar-refractivity contribution is -0.124. The molecule has 0 aliphatic carbocycles. The maximum atomic E-state index is 12.1. The number of fused-ring (bicyclic) bond motifs is 1. The first kappa shape index (κ1) is 15.7. The van der Waals surface area contributed by atoms with Gasteiger partial charge in [0.05, 0.1) is 11.0 Å². The summed E-state index contributed by atoms with van der Waals surface area (Å²) in [5, 5.41) is 6.21. The molecule has 25 heavy (non-hydrogen) atoms. The number of aromatic amines is 1. The molecule has 1 aliphatic heterocycles. The van der Waals surface area contributed by atoms with Crippen LogP contribution in [-0.4, -0.2) is 28.6 Å². The Bertz CT molecular complexity index is 851. The molecule has 0 unspecified atom stereocenters. The van der Waals surface area contributed by atoms with E-state index in [2.05, 4.69) is 20.6 Å². The second kappa shape index (κ2) is 6.94. The summed E-state index contributed by atoms with van der Waals surface area (Å²) in [4.78, 5) is 19.9. The van der Waals surface area contributed by atoms with Crippen LogP contribution in [0.15, 0.2) is 48.5 Å². The van der Waals surface area contributed by atoms with Crippen LogP contribution in [0.2, 0.25) is 0 Å². The maximum absolute atomic E-state index is 12.1. The van der Waals surface area contributed by atoms with Gasteiger partial charge < -0.3 is 20.4 Å². The predicted molar refractivity (Wildman–Crippen MR) is 97.5 cm³/mol. The molecular formula is C19H20N4O2. The summed E-state index contributed by atoms with van der Waals surface area (Å²) in [6, 6.07) is 15.7. The van der Waals surface area contributed by atoms with Gasteiger partial charge in [0.15, 0.2) is 0 Å². The second-order valence-corrected chi connectivity index (χ2v) is 6.15. The van der Waals surface area contributed by atoms with Crippen LogP contribution >= 0.6 is 0 Å². The lowest BCUT2D eigenvalue weighted by Crippen LogP contribution is -2.26. The largest absolute Gasteiger partial charge is 0.368 e. The monoisotopic (exact) mass is 336 g/mol. The third kappa shape index (κ3) is 3.64. The van der Waals surface area contributed by atoms with Gasteiger partial charge in [-0.3, -0.25) is 4.79 Å². The molecule has 3 N–H and O–H groups in total. The molecular weight excluding hydrogens is 316 g/mol. The van der Waals surface area contributed by atoms with Crippen molar-refractivity contribution in [1.29, 1.82) is 0 Å². The van der Waals surface area contributed by atoms with Crippen molar-refractivity contribution in [3.8, 4) is 0 Å². The fourth-order valence-corrected chi connectivity index (χ4v) is 2.99. The molecule has 1 aliphatic rings. The average Bonchev–Trinajstić information content (AvgIpc) is 3.29. The van der Waals surface area contributed by atoms with E-state index in [0.29, 0.717) is 13.2 Å². The van der Waals surface area contributed by atoms with Gasteiger partial charge in [-0.1, -0.05) is 24.3 Å². The molecule has 1 amide bonds. The Balaban J connectivity index is 1.39. The molecule has 1 aromatic heterocycles. The van der Waals surface area contributed by atoms with Crippen molar-refractivity contribution in [2.75, 3.05) is 17.2 Å². The number of H-pyrrole nitrogens is 1. The first-order valence-corrected chi connectivity index (χ1v) is 8.48. The number of benzene rings is 2. The molecule has 6 heteroatoms. The van der Waals surface area contributed by atoms with Gasteiger partial charge in [0.2, 0.25) is 5.95 Å². The molecule has 0 saturated carbocycles. The van der Waals surface area contributed by atoms with Gasteiger partial charge in [-0.2, -0.15) is 0 Å². The number of para-hydroxylation sites is 2. The Kier molecular flexibility index (Phi) is 4.35. The normalized spacial score (nSPS) is 16.9. The summed E-state index contributed by atoms with van der Waals surface area (Å²) in [6.45, 7) is 1.28. The highest BCUT2D eigenvalue weighted by atomic mass is 16.5. The lowest BCUT2D eigenvalue weighted by atomic mass is 10.2. The number of nitrogens with one attached hydrogen (secondary N) is 3. The average molecular weight is 336 g/mol. The smallest absolute Gasteiger partial charge is 0.253 e.